The van der Waals surface area contributed by atoms with E-state index >= 15 is 0 Å². The standard InChI is InChI=1S/C13H24N2O2/c1-9(2)11-6-10(8-16)15(14-11)7-12(17)13(3,4)5/h6,9,12,16-17H,7-8H2,1-5H3. The highest BCUT2D eigenvalue weighted by molar-refractivity contribution is 5.13. The first-order valence-electron chi connectivity index (χ1n) is 6.11. The van der Waals surface area contributed by atoms with Crippen molar-refractivity contribution in [2.24, 2.45) is 5.41 Å². The Morgan fingerprint density at radius 1 is 1.35 bits per heavy atom. The smallest absolute Gasteiger partial charge is 0.0850 e. The van der Waals surface area contributed by atoms with Crippen molar-refractivity contribution < 1.29 is 10.2 Å². The van der Waals surface area contributed by atoms with E-state index in [0.717, 1.165) is 11.4 Å². The highest BCUT2D eigenvalue weighted by atomic mass is 16.3. The summed E-state index contributed by atoms with van der Waals surface area (Å²) in [6, 6.07) is 1.90. The summed E-state index contributed by atoms with van der Waals surface area (Å²) >= 11 is 0. The molecular weight excluding hydrogens is 216 g/mol. The van der Waals surface area contributed by atoms with E-state index in [0.29, 0.717) is 12.5 Å². The van der Waals surface area contributed by atoms with Gasteiger partial charge in [-0.1, -0.05) is 34.6 Å². The lowest BCUT2D eigenvalue weighted by Crippen LogP contribution is -2.31. The second-order valence-corrected chi connectivity index (χ2v) is 5.94. The molecular formula is C13H24N2O2. The number of hydrogen-bond acceptors (Lipinski definition) is 3. The average molecular weight is 240 g/mol. The number of rotatable bonds is 4. The molecule has 0 fully saturated rings. The zero-order valence-electron chi connectivity index (χ0n) is 11.4. The van der Waals surface area contributed by atoms with Gasteiger partial charge in [0.25, 0.3) is 0 Å². The van der Waals surface area contributed by atoms with Crippen LogP contribution in [0.4, 0.5) is 0 Å². The molecule has 0 aliphatic rings. The zero-order chi connectivity index (χ0) is 13.2. The molecule has 0 aromatic carbocycles. The quantitative estimate of drug-likeness (QED) is 0.845. The topological polar surface area (TPSA) is 58.3 Å². The van der Waals surface area contributed by atoms with E-state index in [2.05, 4.69) is 18.9 Å². The van der Waals surface area contributed by atoms with E-state index in [9.17, 15) is 10.2 Å². The summed E-state index contributed by atoms with van der Waals surface area (Å²) in [7, 11) is 0. The third-order valence-corrected chi connectivity index (χ3v) is 2.98. The number of aliphatic hydroxyl groups excluding tert-OH is 2. The second-order valence-electron chi connectivity index (χ2n) is 5.94. The maximum Gasteiger partial charge on any atom is 0.0850 e. The van der Waals surface area contributed by atoms with Crippen LogP contribution in [0.5, 0.6) is 0 Å². The molecule has 1 aromatic rings. The lowest BCUT2D eigenvalue weighted by Gasteiger charge is -2.26. The van der Waals surface area contributed by atoms with Crippen LogP contribution < -0.4 is 0 Å². The van der Waals surface area contributed by atoms with Crippen molar-refractivity contribution in [3.63, 3.8) is 0 Å². The fourth-order valence-electron chi connectivity index (χ4n) is 1.48. The molecule has 0 aliphatic heterocycles. The molecule has 1 unspecified atom stereocenters. The summed E-state index contributed by atoms with van der Waals surface area (Å²) in [5.41, 5.74) is 1.53. The van der Waals surface area contributed by atoms with Crippen LogP contribution in [0.1, 0.15) is 51.9 Å². The van der Waals surface area contributed by atoms with Gasteiger partial charge in [-0.15, -0.1) is 0 Å². The van der Waals surface area contributed by atoms with E-state index < -0.39 is 6.10 Å². The largest absolute Gasteiger partial charge is 0.391 e. The molecule has 0 amide bonds. The minimum absolute atomic E-state index is 0.0451. The molecule has 0 radical (unpaired) electrons. The summed E-state index contributed by atoms with van der Waals surface area (Å²) in [6.45, 7) is 10.5. The van der Waals surface area contributed by atoms with Gasteiger partial charge in [0.1, 0.15) is 0 Å². The van der Waals surface area contributed by atoms with Crippen LogP contribution in [0.2, 0.25) is 0 Å². The van der Waals surface area contributed by atoms with Crippen molar-refractivity contribution in [3.05, 3.63) is 17.5 Å². The Morgan fingerprint density at radius 2 is 1.94 bits per heavy atom. The minimum Gasteiger partial charge on any atom is -0.391 e. The Kier molecular flexibility index (Phi) is 4.33. The van der Waals surface area contributed by atoms with Crippen molar-refractivity contribution in [3.8, 4) is 0 Å². The Morgan fingerprint density at radius 3 is 2.35 bits per heavy atom. The first-order valence-corrected chi connectivity index (χ1v) is 6.11. The molecule has 1 aromatic heterocycles. The lowest BCUT2D eigenvalue weighted by atomic mass is 9.89. The minimum atomic E-state index is -0.479. The van der Waals surface area contributed by atoms with Crippen LogP contribution in [0, 0.1) is 5.41 Å². The highest BCUT2D eigenvalue weighted by Crippen LogP contribution is 2.22. The van der Waals surface area contributed by atoms with Crippen LogP contribution in [0.25, 0.3) is 0 Å². The molecule has 1 atom stereocenters. The van der Waals surface area contributed by atoms with Gasteiger partial charge in [0, 0.05) is 0 Å². The predicted octanol–water partition coefficient (Wildman–Crippen LogP) is 1.91. The molecule has 2 N–H and O–H groups in total. The molecule has 98 valence electrons. The first-order chi connectivity index (χ1) is 7.75. The number of nitrogens with zero attached hydrogens (tertiary/aromatic N) is 2. The third kappa shape index (κ3) is 3.54. The van der Waals surface area contributed by atoms with Crippen LogP contribution >= 0.6 is 0 Å². The summed E-state index contributed by atoms with van der Waals surface area (Å²) in [4.78, 5) is 0. The van der Waals surface area contributed by atoms with E-state index in [4.69, 9.17) is 0 Å². The predicted molar refractivity (Wildman–Crippen MR) is 67.7 cm³/mol. The maximum atomic E-state index is 10.1. The molecule has 17 heavy (non-hydrogen) atoms. The van der Waals surface area contributed by atoms with Crippen molar-refractivity contribution in [2.75, 3.05) is 0 Å². The van der Waals surface area contributed by atoms with Gasteiger partial charge < -0.3 is 10.2 Å². The second kappa shape index (κ2) is 5.19. The third-order valence-electron chi connectivity index (χ3n) is 2.98. The normalized spacial score (nSPS) is 14.4. The summed E-state index contributed by atoms with van der Waals surface area (Å²) in [5, 5.41) is 23.8. The molecule has 1 rings (SSSR count). The first kappa shape index (κ1) is 14.2. The highest BCUT2D eigenvalue weighted by Gasteiger charge is 2.24. The van der Waals surface area contributed by atoms with Gasteiger partial charge in [-0.3, -0.25) is 4.68 Å². The molecule has 1 heterocycles. The van der Waals surface area contributed by atoms with Gasteiger partial charge in [0.05, 0.1) is 30.6 Å². The van der Waals surface area contributed by atoms with Gasteiger partial charge >= 0.3 is 0 Å². The number of aliphatic hydroxyl groups is 2. The zero-order valence-corrected chi connectivity index (χ0v) is 11.4. The monoisotopic (exact) mass is 240 g/mol. The number of aromatic nitrogens is 2. The molecule has 4 nitrogen and oxygen atoms in total. The summed E-state index contributed by atoms with van der Waals surface area (Å²) in [6.07, 6.45) is -0.479. The van der Waals surface area contributed by atoms with E-state index in [1.165, 1.54) is 0 Å². The van der Waals surface area contributed by atoms with Gasteiger partial charge in [0.2, 0.25) is 0 Å². The van der Waals surface area contributed by atoms with Crippen LogP contribution in [0.15, 0.2) is 6.07 Å². The molecule has 0 spiro atoms. The molecule has 0 saturated carbocycles. The Bertz CT molecular complexity index is 364. The van der Waals surface area contributed by atoms with Gasteiger partial charge in [-0.25, -0.2) is 0 Å². The van der Waals surface area contributed by atoms with E-state index in [1.807, 2.05) is 26.8 Å². The fourth-order valence-corrected chi connectivity index (χ4v) is 1.48. The van der Waals surface area contributed by atoms with Crippen molar-refractivity contribution in [2.45, 2.75) is 59.8 Å². The van der Waals surface area contributed by atoms with Crippen LogP contribution in [-0.2, 0) is 13.2 Å². The summed E-state index contributed by atoms with van der Waals surface area (Å²) in [5.74, 6) is 0.327. The summed E-state index contributed by atoms with van der Waals surface area (Å²) < 4.78 is 1.71. The lowest BCUT2D eigenvalue weighted by molar-refractivity contribution is 0.0432. The Balaban J connectivity index is 2.90. The molecule has 4 heteroatoms. The van der Waals surface area contributed by atoms with Crippen LogP contribution in [-0.4, -0.2) is 26.1 Å². The fraction of sp³-hybridized carbons (Fsp3) is 0.769. The Labute approximate surface area is 103 Å². The van der Waals surface area contributed by atoms with Crippen molar-refractivity contribution >= 4 is 0 Å². The molecule has 0 bridgehead atoms. The van der Waals surface area contributed by atoms with E-state index in [1.54, 1.807) is 4.68 Å². The SMILES string of the molecule is CC(C)c1cc(CO)n(CC(O)C(C)(C)C)n1. The Hall–Kier alpha value is -0.870. The van der Waals surface area contributed by atoms with Gasteiger partial charge in [-0.05, 0) is 17.4 Å². The van der Waals surface area contributed by atoms with Crippen molar-refractivity contribution in [1.29, 1.82) is 0 Å². The molecule has 0 saturated heterocycles. The van der Waals surface area contributed by atoms with Gasteiger partial charge in [0.15, 0.2) is 0 Å². The van der Waals surface area contributed by atoms with Gasteiger partial charge in [-0.2, -0.15) is 5.10 Å². The van der Waals surface area contributed by atoms with E-state index in [-0.39, 0.29) is 12.0 Å². The van der Waals surface area contributed by atoms with Crippen LogP contribution in [0.3, 0.4) is 0 Å². The average Bonchev–Trinajstić information content (AvgIpc) is 2.59. The maximum absolute atomic E-state index is 10.1. The van der Waals surface area contributed by atoms with Crippen molar-refractivity contribution in [1.82, 2.24) is 9.78 Å². The molecule has 0 aliphatic carbocycles. The number of hydrogen-bond donors (Lipinski definition) is 2.